The van der Waals surface area contributed by atoms with Gasteiger partial charge in [0.05, 0.1) is 6.10 Å². The predicted molar refractivity (Wildman–Crippen MR) is 101 cm³/mol. The largest absolute Gasteiger partial charge is 0.492 e. The monoisotopic (exact) mass is 361 g/mol. The van der Waals surface area contributed by atoms with Gasteiger partial charge >= 0.3 is 0 Å². The number of anilines is 1. The summed E-state index contributed by atoms with van der Waals surface area (Å²) in [6.07, 6.45) is 2.44. The van der Waals surface area contributed by atoms with Gasteiger partial charge in [-0.3, -0.25) is 0 Å². The molecule has 1 fully saturated rings. The average Bonchev–Trinajstić information content (AvgIpc) is 3.14. The molecule has 0 amide bonds. The van der Waals surface area contributed by atoms with Crippen molar-refractivity contribution in [3.05, 3.63) is 53.1 Å². The first-order valence-corrected chi connectivity index (χ1v) is 9.06. The molecule has 1 heterocycles. The molecule has 2 aromatic carbocycles. The topological polar surface area (TPSA) is 39.7 Å². The number of aryl methyl sites for hydroxylation is 1. The van der Waals surface area contributed by atoms with E-state index in [0.29, 0.717) is 19.8 Å². The van der Waals surface area contributed by atoms with Crippen LogP contribution < -0.4 is 14.8 Å². The van der Waals surface area contributed by atoms with Gasteiger partial charge < -0.3 is 19.5 Å². The van der Waals surface area contributed by atoms with Gasteiger partial charge in [-0.05, 0) is 55.7 Å². The standard InChI is InChI=1S/C20H24ClNO3/c1-15-12-18(7-8-20(15)21)24-11-9-22-16-4-2-5-17(13-16)25-14-19-6-3-10-23-19/h2,4-5,7-8,12-13,19,22H,3,6,9-11,14H2,1H3. The molecule has 5 heteroatoms. The first-order chi connectivity index (χ1) is 12.2. The molecule has 0 bridgehead atoms. The Balaban J connectivity index is 1.41. The molecule has 1 saturated heterocycles. The zero-order chi connectivity index (χ0) is 17.5. The molecule has 0 spiro atoms. The second kappa shape index (κ2) is 8.97. The van der Waals surface area contributed by atoms with E-state index in [1.165, 1.54) is 0 Å². The number of nitrogens with one attached hydrogen (secondary N) is 1. The molecular formula is C20H24ClNO3. The van der Waals surface area contributed by atoms with Gasteiger partial charge in [0.1, 0.15) is 24.7 Å². The van der Waals surface area contributed by atoms with Gasteiger partial charge in [0.15, 0.2) is 0 Å². The van der Waals surface area contributed by atoms with Crippen LogP contribution in [0.2, 0.25) is 5.02 Å². The second-order valence-electron chi connectivity index (χ2n) is 6.16. The van der Waals surface area contributed by atoms with Crippen LogP contribution >= 0.6 is 11.6 Å². The molecule has 0 saturated carbocycles. The lowest BCUT2D eigenvalue weighted by atomic mass is 10.2. The summed E-state index contributed by atoms with van der Waals surface area (Å²) in [4.78, 5) is 0. The van der Waals surface area contributed by atoms with Crippen LogP contribution in [0.3, 0.4) is 0 Å². The summed E-state index contributed by atoms with van der Waals surface area (Å²) in [6.45, 7) is 4.71. The zero-order valence-electron chi connectivity index (χ0n) is 14.5. The highest BCUT2D eigenvalue weighted by Gasteiger charge is 2.15. The maximum absolute atomic E-state index is 6.02. The molecule has 1 atom stereocenters. The predicted octanol–water partition coefficient (Wildman–Crippen LogP) is 4.70. The Hall–Kier alpha value is -1.91. The third-order valence-corrected chi connectivity index (χ3v) is 4.55. The van der Waals surface area contributed by atoms with Gasteiger partial charge in [-0.2, -0.15) is 0 Å². The van der Waals surface area contributed by atoms with Crippen LogP contribution in [0.15, 0.2) is 42.5 Å². The van der Waals surface area contributed by atoms with Gasteiger partial charge in [-0.25, -0.2) is 0 Å². The minimum atomic E-state index is 0.229. The third-order valence-electron chi connectivity index (χ3n) is 4.12. The van der Waals surface area contributed by atoms with Crippen molar-refractivity contribution >= 4 is 17.3 Å². The van der Waals surface area contributed by atoms with E-state index in [4.69, 9.17) is 25.8 Å². The number of hydrogen-bond donors (Lipinski definition) is 1. The molecule has 1 aliphatic heterocycles. The minimum Gasteiger partial charge on any atom is -0.492 e. The number of rotatable bonds is 8. The highest BCUT2D eigenvalue weighted by Crippen LogP contribution is 2.21. The van der Waals surface area contributed by atoms with E-state index in [1.807, 2.05) is 49.4 Å². The number of ether oxygens (including phenoxy) is 3. The molecule has 25 heavy (non-hydrogen) atoms. The fourth-order valence-corrected chi connectivity index (χ4v) is 2.85. The molecule has 1 unspecified atom stereocenters. The molecule has 1 N–H and O–H groups in total. The minimum absolute atomic E-state index is 0.229. The van der Waals surface area contributed by atoms with Crippen LogP contribution in [0, 0.1) is 6.92 Å². The molecule has 2 aromatic rings. The lowest BCUT2D eigenvalue weighted by Gasteiger charge is -2.13. The maximum Gasteiger partial charge on any atom is 0.121 e. The third kappa shape index (κ3) is 5.55. The summed E-state index contributed by atoms with van der Waals surface area (Å²) in [5, 5.41) is 4.10. The van der Waals surface area contributed by atoms with E-state index in [1.54, 1.807) is 0 Å². The molecule has 134 valence electrons. The van der Waals surface area contributed by atoms with Gasteiger partial charge in [0.25, 0.3) is 0 Å². The Morgan fingerprint density at radius 3 is 2.84 bits per heavy atom. The van der Waals surface area contributed by atoms with Crippen molar-refractivity contribution in [1.29, 1.82) is 0 Å². The van der Waals surface area contributed by atoms with Crippen LogP contribution in [0.4, 0.5) is 5.69 Å². The van der Waals surface area contributed by atoms with E-state index >= 15 is 0 Å². The molecule has 0 radical (unpaired) electrons. The Labute approximate surface area is 154 Å². The molecule has 0 aromatic heterocycles. The zero-order valence-corrected chi connectivity index (χ0v) is 15.2. The Morgan fingerprint density at radius 1 is 1.16 bits per heavy atom. The van der Waals surface area contributed by atoms with E-state index in [-0.39, 0.29) is 6.10 Å². The summed E-state index contributed by atoms with van der Waals surface area (Å²) in [5.74, 6) is 1.69. The van der Waals surface area contributed by atoms with Crippen molar-refractivity contribution in [2.24, 2.45) is 0 Å². The summed E-state index contributed by atoms with van der Waals surface area (Å²) in [7, 11) is 0. The lowest BCUT2D eigenvalue weighted by molar-refractivity contribution is 0.0680. The van der Waals surface area contributed by atoms with Gasteiger partial charge in [0.2, 0.25) is 0 Å². The quantitative estimate of drug-likeness (QED) is 0.692. The SMILES string of the molecule is Cc1cc(OCCNc2cccc(OCC3CCCO3)c2)ccc1Cl. The Morgan fingerprint density at radius 2 is 2.04 bits per heavy atom. The highest BCUT2D eigenvalue weighted by atomic mass is 35.5. The molecule has 4 nitrogen and oxygen atoms in total. The molecular weight excluding hydrogens is 338 g/mol. The fraction of sp³-hybridized carbons (Fsp3) is 0.400. The van der Waals surface area contributed by atoms with Crippen LogP contribution in [0.5, 0.6) is 11.5 Å². The van der Waals surface area contributed by atoms with Crippen LogP contribution in [0.25, 0.3) is 0 Å². The van der Waals surface area contributed by atoms with Gasteiger partial charge in [-0.1, -0.05) is 17.7 Å². The summed E-state index contributed by atoms with van der Waals surface area (Å²) in [6, 6.07) is 13.7. The summed E-state index contributed by atoms with van der Waals surface area (Å²) >= 11 is 6.02. The normalized spacial score (nSPS) is 16.6. The maximum atomic E-state index is 6.02. The summed E-state index contributed by atoms with van der Waals surface area (Å²) < 4.78 is 17.1. The van der Waals surface area contributed by atoms with Crippen molar-refractivity contribution in [2.45, 2.75) is 25.9 Å². The van der Waals surface area contributed by atoms with Crippen molar-refractivity contribution in [2.75, 3.05) is 31.7 Å². The van der Waals surface area contributed by atoms with Crippen molar-refractivity contribution in [3.63, 3.8) is 0 Å². The van der Waals surface area contributed by atoms with Crippen LogP contribution in [-0.2, 0) is 4.74 Å². The van der Waals surface area contributed by atoms with Crippen molar-refractivity contribution < 1.29 is 14.2 Å². The number of benzene rings is 2. The Kier molecular flexibility index (Phi) is 6.42. The van der Waals surface area contributed by atoms with E-state index in [2.05, 4.69) is 5.32 Å². The second-order valence-corrected chi connectivity index (χ2v) is 6.57. The van der Waals surface area contributed by atoms with Gasteiger partial charge in [0, 0.05) is 29.9 Å². The molecule has 0 aliphatic carbocycles. The summed E-state index contributed by atoms with van der Waals surface area (Å²) in [5.41, 5.74) is 2.03. The van der Waals surface area contributed by atoms with Crippen molar-refractivity contribution in [1.82, 2.24) is 0 Å². The molecule has 1 aliphatic rings. The number of hydrogen-bond acceptors (Lipinski definition) is 4. The highest BCUT2D eigenvalue weighted by molar-refractivity contribution is 6.31. The first kappa shape index (κ1) is 17.9. The fourth-order valence-electron chi connectivity index (χ4n) is 2.73. The first-order valence-electron chi connectivity index (χ1n) is 8.68. The van der Waals surface area contributed by atoms with Gasteiger partial charge in [-0.15, -0.1) is 0 Å². The van der Waals surface area contributed by atoms with Crippen molar-refractivity contribution in [3.8, 4) is 11.5 Å². The van der Waals surface area contributed by atoms with E-state index < -0.39 is 0 Å². The Bertz CT molecular complexity index is 686. The lowest BCUT2D eigenvalue weighted by Crippen LogP contribution is -2.16. The molecule has 3 rings (SSSR count). The van der Waals surface area contributed by atoms with E-state index in [0.717, 1.165) is 47.2 Å². The van der Waals surface area contributed by atoms with Crippen LogP contribution in [0.1, 0.15) is 18.4 Å². The van der Waals surface area contributed by atoms with E-state index in [9.17, 15) is 0 Å². The number of halogens is 1. The average molecular weight is 362 g/mol. The van der Waals surface area contributed by atoms with Crippen LogP contribution in [-0.4, -0.2) is 32.5 Å². The smallest absolute Gasteiger partial charge is 0.121 e.